The molecule has 0 atom stereocenters. The van der Waals surface area contributed by atoms with E-state index in [1.54, 1.807) is 12.1 Å². The molecule has 136 valence electrons. The average Bonchev–Trinajstić information content (AvgIpc) is 2.59. The van der Waals surface area contributed by atoms with Gasteiger partial charge in [0, 0.05) is 11.1 Å². The van der Waals surface area contributed by atoms with Gasteiger partial charge in [0.1, 0.15) is 11.3 Å². The van der Waals surface area contributed by atoms with Crippen LogP contribution in [0.15, 0.2) is 36.4 Å². The first kappa shape index (κ1) is 19.2. The number of nitro groups is 1. The van der Waals surface area contributed by atoms with E-state index in [2.05, 4.69) is 5.32 Å². The Morgan fingerprint density at radius 1 is 1.23 bits per heavy atom. The zero-order valence-corrected chi connectivity index (χ0v) is 14.7. The van der Waals surface area contributed by atoms with Crippen LogP contribution in [0.5, 0.6) is 5.75 Å². The van der Waals surface area contributed by atoms with Crippen LogP contribution in [0.4, 0.5) is 11.4 Å². The number of hydrogen-bond donors (Lipinski definition) is 1. The normalized spacial score (nSPS) is 10.1. The molecule has 2 aromatic carbocycles. The molecule has 0 aliphatic carbocycles. The van der Waals surface area contributed by atoms with E-state index in [-0.39, 0.29) is 10.6 Å². The van der Waals surface area contributed by atoms with E-state index in [4.69, 9.17) is 21.1 Å². The molecule has 0 aliphatic rings. The Balaban J connectivity index is 2.05. The minimum Gasteiger partial charge on any atom is -0.495 e. The SMILES string of the molecule is COc1ccc(C)cc1NC(=O)COC(=O)c1ccc(Cl)cc1[N+](=O)[O-]. The Bertz CT molecular complexity index is 868. The molecule has 0 aliphatic heterocycles. The van der Waals surface area contributed by atoms with Crippen molar-refractivity contribution in [1.29, 1.82) is 0 Å². The number of hydrogen-bond acceptors (Lipinski definition) is 6. The number of esters is 1. The fraction of sp³-hybridized carbons (Fsp3) is 0.176. The Hall–Kier alpha value is -3.13. The first-order valence-electron chi connectivity index (χ1n) is 7.37. The number of rotatable bonds is 6. The van der Waals surface area contributed by atoms with E-state index in [0.717, 1.165) is 11.6 Å². The highest BCUT2D eigenvalue weighted by molar-refractivity contribution is 6.31. The smallest absolute Gasteiger partial charge is 0.345 e. The predicted octanol–water partition coefficient (Wildman–Crippen LogP) is 3.36. The van der Waals surface area contributed by atoms with Crippen molar-refractivity contribution in [3.05, 3.63) is 62.7 Å². The number of amides is 1. The summed E-state index contributed by atoms with van der Waals surface area (Å²) in [6.45, 7) is 1.23. The summed E-state index contributed by atoms with van der Waals surface area (Å²) in [4.78, 5) is 34.3. The average molecular weight is 379 g/mol. The van der Waals surface area contributed by atoms with Crippen molar-refractivity contribution >= 4 is 34.9 Å². The maximum absolute atomic E-state index is 12.0. The first-order valence-corrected chi connectivity index (χ1v) is 7.75. The second-order valence-electron chi connectivity index (χ2n) is 5.25. The number of halogens is 1. The summed E-state index contributed by atoms with van der Waals surface area (Å²) in [5, 5.41) is 13.7. The van der Waals surface area contributed by atoms with Crippen LogP contribution >= 0.6 is 11.6 Å². The largest absolute Gasteiger partial charge is 0.495 e. The molecule has 0 saturated carbocycles. The Kier molecular flexibility index (Phi) is 6.13. The number of nitrogens with zero attached hydrogens (tertiary/aromatic N) is 1. The minimum absolute atomic E-state index is 0.109. The number of ether oxygens (including phenoxy) is 2. The standard InChI is InChI=1S/C17H15ClN2O6/c1-10-3-6-15(25-2)13(7-10)19-16(21)9-26-17(22)12-5-4-11(18)8-14(12)20(23)24/h3-8H,9H2,1-2H3,(H,19,21). The van der Waals surface area contributed by atoms with Gasteiger partial charge in [-0.05, 0) is 36.8 Å². The van der Waals surface area contributed by atoms with Crippen molar-refractivity contribution in [3.8, 4) is 5.75 Å². The van der Waals surface area contributed by atoms with E-state index in [9.17, 15) is 19.7 Å². The van der Waals surface area contributed by atoms with Gasteiger partial charge in [-0.1, -0.05) is 17.7 Å². The summed E-state index contributed by atoms with van der Waals surface area (Å²) in [7, 11) is 1.46. The molecule has 2 rings (SSSR count). The second kappa shape index (κ2) is 8.30. The van der Waals surface area contributed by atoms with Gasteiger partial charge in [0.15, 0.2) is 6.61 Å². The first-order chi connectivity index (χ1) is 12.3. The van der Waals surface area contributed by atoms with Gasteiger partial charge in [0.05, 0.1) is 17.7 Å². The number of carbonyl (C=O) groups excluding carboxylic acids is 2. The zero-order valence-electron chi connectivity index (χ0n) is 13.9. The van der Waals surface area contributed by atoms with Gasteiger partial charge >= 0.3 is 5.97 Å². The number of carbonyl (C=O) groups is 2. The van der Waals surface area contributed by atoms with Crippen LogP contribution in [-0.4, -0.2) is 30.5 Å². The molecule has 8 nitrogen and oxygen atoms in total. The maximum atomic E-state index is 12.0. The van der Waals surface area contributed by atoms with Gasteiger partial charge in [-0.3, -0.25) is 14.9 Å². The molecule has 0 fully saturated rings. The topological polar surface area (TPSA) is 108 Å². The van der Waals surface area contributed by atoms with Crippen molar-refractivity contribution in [2.45, 2.75) is 6.92 Å². The van der Waals surface area contributed by atoms with E-state index < -0.39 is 29.1 Å². The van der Waals surface area contributed by atoms with Gasteiger partial charge in [-0.2, -0.15) is 0 Å². The predicted molar refractivity (Wildman–Crippen MR) is 94.7 cm³/mol. The van der Waals surface area contributed by atoms with Crippen LogP contribution in [0.3, 0.4) is 0 Å². The molecule has 0 bridgehead atoms. The zero-order chi connectivity index (χ0) is 19.3. The lowest BCUT2D eigenvalue weighted by Crippen LogP contribution is -2.21. The molecule has 9 heteroatoms. The van der Waals surface area contributed by atoms with Crippen LogP contribution in [0, 0.1) is 17.0 Å². The van der Waals surface area contributed by atoms with E-state index in [0.29, 0.717) is 11.4 Å². The molecule has 26 heavy (non-hydrogen) atoms. The third kappa shape index (κ3) is 4.70. The molecule has 1 N–H and O–H groups in total. The number of benzene rings is 2. The van der Waals surface area contributed by atoms with Crippen LogP contribution < -0.4 is 10.1 Å². The van der Waals surface area contributed by atoms with Crippen molar-refractivity contribution in [2.24, 2.45) is 0 Å². The summed E-state index contributed by atoms with van der Waals surface area (Å²) < 4.78 is 10.00. The van der Waals surface area contributed by atoms with Crippen LogP contribution in [0.2, 0.25) is 5.02 Å². The van der Waals surface area contributed by atoms with Crippen LogP contribution in [0.25, 0.3) is 0 Å². The number of anilines is 1. The number of aryl methyl sites for hydroxylation is 1. The summed E-state index contributed by atoms with van der Waals surface area (Å²) in [6.07, 6.45) is 0. The summed E-state index contributed by atoms with van der Waals surface area (Å²) in [5.74, 6) is -1.16. The lowest BCUT2D eigenvalue weighted by atomic mass is 10.2. The monoisotopic (exact) mass is 378 g/mol. The van der Waals surface area contributed by atoms with E-state index in [1.165, 1.54) is 19.2 Å². The van der Waals surface area contributed by atoms with Gasteiger partial charge in [0.25, 0.3) is 11.6 Å². The second-order valence-corrected chi connectivity index (χ2v) is 5.68. The Morgan fingerprint density at radius 3 is 2.62 bits per heavy atom. The van der Waals surface area contributed by atoms with Crippen molar-refractivity contribution < 1.29 is 24.0 Å². The Morgan fingerprint density at radius 2 is 1.96 bits per heavy atom. The summed E-state index contributed by atoms with van der Waals surface area (Å²) >= 11 is 5.69. The van der Waals surface area contributed by atoms with Crippen molar-refractivity contribution in [2.75, 3.05) is 19.0 Å². The fourth-order valence-corrected chi connectivity index (χ4v) is 2.31. The summed E-state index contributed by atoms with van der Waals surface area (Å²) in [6, 6.07) is 8.73. The summed E-state index contributed by atoms with van der Waals surface area (Å²) in [5.41, 5.74) is 0.532. The molecule has 0 saturated heterocycles. The third-order valence-corrected chi connectivity index (χ3v) is 3.57. The van der Waals surface area contributed by atoms with Gasteiger partial charge in [-0.25, -0.2) is 4.79 Å². The van der Waals surface area contributed by atoms with Crippen LogP contribution in [0.1, 0.15) is 15.9 Å². The molecule has 0 aromatic heterocycles. The fourth-order valence-electron chi connectivity index (χ4n) is 2.14. The molecule has 2 aromatic rings. The Labute approximate surface area is 153 Å². The van der Waals surface area contributed by atoms with Gasteiger partial charge in [0.2, 0.25) is 0 Å². The molecule has 0 heterocycles. The maximum Gasteiger partial charge on any atom is 0.345 e. The number of nitrogens with one attached hydrogen (secondary N) is 1. The molecule has 0 radical (unpaired) electrons. The van der Waals surface area contributed by atoms with E-state index in [1.807, 2.05) is 13.0 Å². The quantitative estimate of drug-likeness (QED) is 0.469. The van der Waals surface area contributed by atoms with Gasteiger partial charge in [-0.15, -0.1) is 0 Å². The van der Waals surface area contributed by atoms with Crippen molar-refractivity contribution in [3.63, 3.8) is 0 Å². The highest BCUT2D eigenvalue weighted by Crippen LogP contribution is 2.26. The van der Waals surface area contributed by atoms with Crippen LogP contribution in [-0.2, 0) is 9.53 Å². The van der Waals surface area contributed by atoms with Crippen molar-refractivity contribution in [1.82, 2.24) is 0 Å². The molecule has 0 spiro atoms. The highest BCUT2D eigenvalue weighted by atomic mass is 35.5. The lowest BCUT2D eigenvalue weighted by Gasteiger charge is -2.11. The number of methoxy groups -OCH3 is 1. The molecular weight excluding hydrogens is 364 g/mol. The van der Waals surface area contributed by atoms with Gasteiger partial charge < -0.3 is 14.8 Å². The molecule has 1 amide bonds. The minimum atomic E-state index is -1.00. The third-order valence-electron chi connectivity index (χ3n) is 3.34. The molecule has 0 unspecified atom stereocenters. The lowest BCUT2D eigenvalue weighted by molar-refractivity contribution is -0.385. The highest BCUT2D eigenvalue weighted by Gasteiger charge is 2.22. The number of nitro benzene ring substituents is 1. The van der Waals surface area contributed by atoms with E-state index >= 15 is 0 Å². The molecular formula is C17H15ClN2O6.